The number of nitrogens with zero attached hydrogens (tertiary/aromatic N) is 1. The molecule has 3 aromatic carbocycles. The molecular formula is C23H16BrNO3. The van der Waals surface area contributed by atoms with E-state index in [1.807, 2.05) is 67.6 Å². The summed E-state index contributed by atoms with van der Waals surface area (Å²) < 4.78 is 6.03. The van der Waals surface area contributed by atoms with Gasteiger partial charge < -0.3 is 9.52 Å². The molecule has 0 aliphatic heterocycles. The molecule has 0 aliphatic carbocycles. The van der Waals surface area contributed by atoms with Gasteiger partial charge in [-0.2, -0.15) is 0 Å². The molecule has 0 atom stereocenters. The highest BCUT2D eigenvalue weighted by molar-refractivity contribution is 9.10. The predicted molar refractivity (Wildman–Crippen MR) is 116 cm³/mol. The van der Waals surface area contributed by atoms with Gasteiger partial charge in [0, 0.05) is 17.2 Å². The molecule has 1 heterocycles. The van der Waals surface area contributed by atoms with Gasteiger partial charge in [0.2, 0.25) is 0 Å². The van der Waals surface area contributed by atoms with Gasteiger partial charge in [-0.3, -0.25) is 4.99 Å². The molecule has 28 heavy (non-hydrogen) atoms. The Bertz CT molecular complexity index is 1260. The zero-order valence-corrected chi connectivity index (χ0v) is 16.6. The maximum absolute atomic E-state index is 12.3. The van der Waals surface area contributed by atoms with Crippen LogP contribution in [0.2, 0.25) is 0 Å². The van der Waals surface area contributed by atoms with E-state index in [-0.39, 0.29) is 11.4 Å². The summed E-state index contributed by atoms with van der Waals surface area (Å²) in [5.41, 5.74) is 3.83. The monoisotopic (exact) mass is 433 g/mol. The molecule has 4 aromatic rings. The number of para-hydroxylation sites is 1. The first kappa shape index (κ1) is 18.2. The number of phenols is 1. The van der Waals surface area contributed by atoms with E-state index in [0.717, 1.165) is 16.5 Å². The average Bonchev–Trinajstić information content (AvgIpc) is 2.69. The van der Waals surface area contributed by atoms with E-state index in [0.29, 0.717) is 26.9 Å². The first-order valence-corrected chi connectivity index (χ1v) is 9.47. The third-order valence-electron chi connectivity index (χ3n) is 4.41. The lowest BCUT2D eigenvalue weighted by Gasteiger charge is -2.04. The van der Waals surface area contributed by atoms with Crippen LogP contribution >= 0.6 is 15.9 Å². The van der Waals surface area contributed by atoms with Crippen LogP contribution in [0.4, 0.5) is 5.69 Å². The topological polar surface area (TPSA) is 62.8 Å². The van der Waals surface area contributed by atoms with Gasteiger partial charge in [-0.05, 0) is 70.4 Å². The molecule has 0 spiro atoms. The smallest absolute Gasteiger partial charge is 0.344 e. The second-order valence-corrected chi connectivity index (χ2v) is 7.33. The first-order valence-electron chi connectivity index (χ1n) is 8.68. The molecule has 0 saturated carbocycles. The SMILES string of the molecule is Cc1cc(Br)c(O)c(C=Nc2ccc(-c3cc4ccccc4oc3=O)cc2)c1. The fourth-order valence-corrected chi connectivity index (χ4v) is 3.58. The van der Waals surface area contributed by atoms with E-state index < -0.39 is 0 Å². The van der Waals surface area contributed by atoms with Gasteiger partial charge in [0.25, 0.3) is 0 Å². The summed E-state index contributed by atoms with van der Waals surface area (Å²) in [5.74, 6) is 0.153. The Kier molecular flexibility index (Phi) is 4.84. The van der Waals surface area contributed by atoms with Crippen molar-refractivity contribution in [2.45, 2.75) is 6.92 Å². The molecule has 0 aliphatic rings. The largest absolute Gasteiger partial charge is 0.506 e. The third kappa shape index (κ3) is 3.62. The van der Waals surface area contributed by atoms with E-state index in [2.05, 4.69) is 20.9 Å². The van der Waals surface area contributed by atoms with Gasteiger partial charge in [0.05, 0.1) is 15.7 Å². The number of phenolic OH excluding ortho intramolecular Hbond substituents is 1. The number of aromatic hydroxyl groups is 1. The van der Waals surface area contributed by atoms with Crippen molar-refractivity contribution in [1.29, 1.82) is 0 Å². The van der Waals surface area contributed by atoms with Crippen LogP contribution in [0.15, 0.2) is 85.4 Å². The quantitative estimate of drug-likeness (QED) is 0.318. The van der Waals surface area contributed by atoms with Crippen LogP contribution in [-0.2, 0) is 0 Å². The second-order valence-electron chi connectivity index (χ2n) is 6.48. The Morgan fingerprint density at radius 2 is 1.79 bits per heavy atom. The van der Waals surface area contributed by atoms with Crippen molar-refractivity contribution in [3.05, 3.63) is 92.7 Å². The van der Waals surface area contributed by atoms with Crippen LogP contribution in [0.5, 0.6) is 5.75 Å². The van der Waals surface area contributed by atoms with Crippen molar-refractivity contribution < 1.29 is 9.52 Å². The van der Waals surface area contributed by atoms with Crippen molar-refractivity contribution in [2.24, 2.45) is 4.99 Å². The summed E-state index contributed by atoms with van der Waals surface area (Å²) >= 11 is 3.33. The number of hydrogen-bond acceptors (Lipinski definition) is 4. The molecule has 138 valence electrons. The number of aliphatic imine (C=N–C) groups is 1. The van der Waals surface area contributed by atoms with Crippen LogP contribution in [0.3, 0.4) is 0 Å². The lowest BCUT2D eigenvalue weighted by Crippen LogP contribution is -2.02. The molecule has 4 nitrogen and oxygen atoms in total. The molecule has 1 N–H and O–H groups in total. The minimum absolute atomic E-state index is 0.153. The first-order chi connectivity index (χ1) is 13.5. The minimum atomic E-state index is -0.371. The molecular weight excluding hydrogens is 418 g/mol. The van der Waals surface area contributed by atoms with Crippen LogP contribution in [0.25, 0.3) is 22.1 Å². The van der Waals surface area contributed by atoms with Gasteiger partial charge >= 0.3 is 5.63 Å². The Labute approximate surface area is 169 Å². The lowest BCUT2D eigenvalue weighted by atomic mass is 10.1. The number of hydrogen-bond donors (Lipinski definition) is 1. The van der Waals surface area contributed by atoms with Crippen LogP contribution < -0.4 is 5.63 Å². The van der Waals surface area contributed by atoms with Crippen LogP contribution in [0, 0.1) is 6.92 Å². The normalized spacial score (nSPS) is 11.4. The fourth-order valence-electron chi connectivity index (χ4n) is 2.99. The molecule has 0 unspecified atom stereocenters. The number of fused-ring (bicyclic) bond motifs is 1. The van der Waals surface area contributed by atoms with E-state index in [4.69, 9.17) is 4.42 Å². The fraction of sp³-hybridized carbons (Fsp3) is 0.0435. The zero-order valence-electron chi connectivity index (χ0n) is 15.0. The van der Waals surface area contributed by atoms with E-state index >= 15 is 0 Å². The zero-order chi connectivity index (χ0) is 19.7. The van der Waals surface area contributed by atoms with Crippen molar-refractivity contribution >= 4 is 38.8 Å². The van der Waals surface area contributed by atoms with Crippen molar-refractivity contribution in [3.8, 4) is 16.9 Å². The predicted octanol–water partition coefficient (Wildman–Crippen LogP) is 5.99. The molecule has 0 amide bonds. The Morgan fingerprint density at radius 3 is 2.57 bits per heavy atom. The molecule has 0 radical (unpaired) electrons. The van der Waals surface area contributed by atoms with Crippen molar-refractivity contribution in [2.75, 3.05) is 0 Å². The number of halogens is 1. The summed E-state index contributed by atoms with van der Waals surface area (Å²) in [5, 5.41) is 11.0. The highest BCUT2D eigenvalue weighted by Crippen LogP contribution is 2.29. The van der Waals surface area contributed by atoms with E-state index in [9.17, 15) is 9.90 Å². The Hall–Kier alpha value is -3.18. The van der Waals surface area contributed by atoms with Gasteiger partial charge in [-0.25, -0.2) is 4.79 Å². The lowest BCUT2D eigenvalue weighted by molar-refractivity contribution is 0.471. The third-order valence-corrected chi connectivity index (χ3v) is 5.01. The Balaban J connectivity index is 1.65. The van der Waals surface area contributed by atoms with Crippen molar-refractivity contribution in [1.82, 2.24) is 0 Å². The molecule has 1 aromatic heterocycles. The number of aryl methyl sites for hydroxylation is 1. The van der Waals surface area contributed by atoms with Crippen LogP contribution in [0.1, 0.15) is 11.1 Å². The summed E-state index contributed by atoms with van der Waals surface area (Å²) in [4.78, 5) is 16.7. The maximum Gasteiger partial charge on any atom is 0.344 e. The number of rotatable bonds is 3. The average molecular weight is 434 g/mol. The van der Waals surface area contributed by atoms with Crippen LogP contribution in [-0.4, -0.2) is 11.3 Å². The summed E-state index contributed by atoms with van der Waals surface area (Å²) in [6.45, 7) is 1.95. The number of benzene rings is 3. The molecule has 0 saturated heterocycles. The molecule has 0 fully saturated rings. The summed E-state index contributed by atoms with van der Waals surface area (Å²) in [6.07, 6.45) is 1.62. The molecule has 4 rings (SSSR count). The van der Waals surface area contributed by atoms with Gasteiger partial charge in [0.1, 0.15) is 11.3 Å². The molecule has 0 bridgehead atoms. The second kappa shape index (κ2) is 7.44. The highest BCUT2D eigenvalue weighted by Gasteiger charge is 2.08. The molecule has 5 heteroatoms. The van der Waals surface area contributed by atoms with Gasteiger partial charge in [0.15, 0.2) is 0 Å². The Morgan fingerprint density at radius 1 is 1.04 bits per heavy atom. The maximum atomic E-state index is 12.3. The van der Waals surface area contributed by atoms with Gasteiger partial charge in [-0.15, -0.1) is 0 Å². The summed E-state index contributed by atoms with van der Waals surface area (Å²) in [7, 11) is 0. The summed E-state index contributed by atoms with van der Waals surface area (Å²) in [6, 6.07) is 20.3. The minimum Gasteiger partial charge on any atom is -0.506 e. The highest BCUT2D eigenvalue weighted by atomic mass is 79.9. The standard InChI is InChI=1S/C23H16BrNO3/c1-14-10-17(22(26)20(24)11-14)13-25-18-8-6-15(7-9-18)19-12-16-4-2-3-5-21(16)28-23(19)27/h2-13,26H,1H3. The van der Waals surface area contributed by atoms with E-state index in [1.165, 1.54) is 0 Å². The van der Waals surface area contributed by atoms with Gasteiger partial charge in [-0.1, -0.05) is 30.3 Å². The van der Waals surface area contributed by atoms with E-state index in [1.54, 1.807) is 12.3 Å². The van der Waals surface area contributed by atoms with Crippen molar-refractivity contribution in [3.63, 3.8) is 0 Å².